The van der Waals surface area contributed by atoms with Gasteiger partial charge < -0.3 is 25.4 Å². The summed E-state index contributed by atoms with van der Waals surface area (Å²) in [5.41, 5.74) is 0.639. The molecule has 0 saturated carbocycles. The Morgan fingerprint density at radius 1 is 1.17 bits per heavy atom. The van der Waals surface area contributed by atoms with E-state index in [1.54, 1.807) is 12.1 Å². The van der Waals surface area contributed by atoms with Crippen LogP contribution in [0, 0.1) is 5.82 Å². The highest BCUT2D eigenvalue weighted by Gasteiger charge is 2.22. The van der Waals surface area contributed by atoms with E-state index in [1.165, 1.54) is 0 Å². The van der Waals surface area contributed by atoms with Gasteiger partial charge in [-0.25, -0.2) is 9.18 Å². The van der Waals surface area contributed by atoms with Crippen LogP contribution >= 0.6 is 0 Å². The Bertz CT molecular complexity index is 680. The van der Waals surface area contributed by atoms with E-state index in [9.17, 15) is 24.5 Å². The molecule has 0 saturated heterocycles. The van der Waals surface area contributed by atoms with E-state index in [2.05, 4.69) is 5.32 Å². The van der Waals surface area contributed by atoms with Gasteiger partial charge in [0.1, 0.15) is 30.4 Å². The third-order valence-corrected chi connectivity index (χ3v) is 3.34. The molecule has 2 rings (SSSR count). The molecule has 2 aromatic rings. The summed E-state index contributed by atoms with van der Waals surface area (Å²) in [6.07, 6.45) is -3.77. The Kier molecular flexibility index (Phi) is 6.11. The van der Waals surface area contributed by atoms with Crippen LogP contribution in [-0.4, -0.2) is 34.1 Å². The number of carbonyl (C=O) groups excluding carboxylic acids is 1. The van der Waals surface area contributed by atoms with Crippen molar-refractivity contribution in [2.45, 2.75) is 18.8 Å². The van der Waals surface area contributed by atoms with Crippen LogP contribution in [0.25, 0.3) is 0 Å². The third-order valence-electron chi connectivity index (χ3n) is 3.34. The number of aromatic hydroxyl groups is 1. The molecule has 0 aliphatic rings. The maximum absolute atomic E-state index is 13.2. The molecule has 7 heteroatoms. The summed E-state index contributed by atoms with van der Waals surface area (Å²) in [5, 5.41) is 31.7. The molecule has 0 aliphatic heterocycles. The van der Waals surface area contributed by atoms with Crippen LogP contribution in [0.3, 0.4) is 0 Å². The van der Waals surface area contributed by atoms with Crippen molar-refractivity contribution in [3.05, 3.63) is 65.5 Å². The number of ether oxygens (including phenoxy) is 1. The lowest BCUT2D eigenvalue weighted by molar-refractivity contribution is 0.0169. The second-order valence-corrected chi connectivity index (χ2v) is 5.16. The topological polar surface area (TPSA) is 99.0 Å². The average Bonchev–Trinajstić information content (AvgIpc) is 2.60. The van der Waals surface area contributed by atoms with E-state index in [0.29, 0.717) is 0 Å². The lowest BCUT2D eigenvalue weighted by Crippen LogP contribution is -2.35. The van der Waals surface area contributed by atoms with Gasteiger partial charge in [0.2, 0.25) is 0 Å². The number of aliphatic hydroxyl groups is 2. The number of phenols is 1. The van der Waals surface area contributed by atoms with Crippen molar-refractivity contribution < 1.29 is 29.2 Å². The lowest BCUT2D eigenvalue weighted by Gasteiger charge is -2.19. The number of alkyl carbamates (subject to hydrolysis) is 1. The Hall–Kier alpha value is -2.64. The summed E-state index contributed by atoms with van der Waals surface area (Å²) < 4.78 is 18.1. The Balaban J connectivity index is 1.82. The van der Waals surface area contributed by atoms with Gasteiger partial charge in [-0.3, -0.25) is 0 Å². The standard InChI is InChI=1S/C17H18FNO5/c18-12-6-7-14(20)13(8-12)16(22)15(21)9-19-17(23)24-10-11-4-2-1-3-5-11/h1-8,15-16,20-22H,9-10H2,(H,19,23). The minimum Gasteiger partial charge on any atom is -0.508 e. The van der Waals surface area contributed by atoms with E-state index in [1.807, 2.05) is 18.2 Å². The van der Waals surface area contributed by atoms with Crippen molar-refractivity contribution in [1.82, 2.24) is 5.32 Å². The maximum Gasteiger partial charge on any atom is 0.407 e. The maximum atomic E-state index is 13.2. The van der Waals surface area contributed by atoms with Gasteiger partial charge >= 0.3 is 6.09 Å². The molecule has 1 amide bonds. The number of amides is 1. The molecule has 2 aromatic carbocycles. The number of rotatable bonds is 6. The molecule has 24 heavy (non-hydrogen) atoms. The quantitative estimate of drug-likeness (QED) is 0.646. The SMILES string of the molecule is O=C(NCC(O)C(O)c1cc(F)ccc1O)OCc1ccccc1. The molecule has 0 heterocycles. The van der Waals surface area contributed by atoms with Gasteiger partial charge in [-0.15, -0.1) is 0 Å². The van der Waals surface area contributed by atoms with Gasteiger partial charge in [0.25, 0.3) is 0 Å². The van der Waals surface area contributed by atoms with Crippen LogP contribution in [0.1, 0.15) is 17.2 Å². The summed E-state index contributed by atoms with van der Waals surface area (Å²) in [7, 11) is 0. The van der Waals surface area contributed by atoms with Crippen LogP contribution in [-0.2, 0) is 11.3 Å². The van der Waals surface area contributed by atoms with Crippen LogP contribution < -0.4 is 5.32 Å². The van der Waals surface area contributed by atoms with E-state index in [4.69, 9.17) is 4.74 Å². The summed E-state index contributed by atoms with van der Waals surface area (Å²) in [6.45, 7) is -0.263. The largest absolute Gasteiger partial charge is 0.508 e. The number of hydrogen-bond acceptors (Lipinski definition) is 5. The van der Waals surface area contributed by atoms with Gasteiger partial charge in [0.05, 0.1) is 0 Å². The van der Waals surface area contributed by atoms with Gasteiger partial charge in [0, 0.05) is 12.1 Å². The van der Waals surface area contributed by atoms with Crippen molar-refractivity contribution in [2.75, 3.05) is 6.54 Å². The highest BCUT2D eigenvalue weighted by atomic mass is 19.1. The Morgan fingerprint density at radius 3 is 2.58 bits per heavy atom. The molecule has 0 aliphatic carbocycles. The molecule has 0 spiro atoms. The first kappa shape index (κ1) is 17.7. The number of halogens is 1. The fraction of sp³-hybridized carbons (Fsp3) is 0.235. The minimum absolute atomic E-state index is 0.0655. The van der Waals surface area contributed by atoms with Crippen LogP contribution in [0.2, 0.25) is 0 Å². The fourth-order valence-corrected chi connectivity index (χ4v) is 2.04. The van der Waals surface area contributed by atoms with Crippen molar-refractivity contribution in [1.29, 1.82) is 0 Å². The zero-order chi connectivity index (χ0) is 17.5. The highest BCUT2D eigenvalue weighted by molar-refractivity contribution is 5.67. The first-order valence-corrected chi connectivity index (χ1v) is 7.26. The number of aliphatic hydroxyl groups excluding tert-OH is 2. The van der Waals surface area contributed by atoms with Gasteiger partial charge in [-0.05, 0) is 23.8 Å². The third kappa shape index (κ3) is 4.94. The van der Waals surface area contributed by atoms with Gasteiger partial charge in [-0.2, -0.15) is 0 Å². The number of phenolic OH excluding ortho intramolecular Hbond substituents is 1. The van der Waals surface area contributed by atoms with E-state index in [-0.39, 0.29) is 24.5 Å². The molecule has 0 aromatic heterocycles. The van der Waals surface area contributed by atoms with Crippen LogP contribution in [0.4, 0.5) is 9.18 Å². The average molecular weight is 335 g/mol. The van der Waals surface area contributed by atoms with E-state index < -0.39 is 24.1 Å². The Labute approximate surface area is 138 Å². The molecular formula is C17H18FNO5. The van der Waals surface area contributed by atoms with Crippen molar-refractivity contribution in [2.24, 2.45) is 0 Å². The van der Waals surface area contributed by atoms with Crippen molar-refractivity contribution >= 4 is 6.09 Å². The zero-order valence-corrected chi connectivity index (χ0v) is 12.7. The van der Waals surface area contributed by atoms with Crippen molar-refractivity contribution in [3.8, 4) is 5.75 Å². The second kappa shape index (κ2) is 8.28. The first-order valence-electron chi connectivity index (χ1n) is 7.26. The summed E-state index contributed by atoms with van der Waals surface area (Å²) in [4.78, 5) is 11.6. The number of benzene rings is 2. The van der Waals surface area contributed by atoms with Gasteiger partial charge in [-0.1, -0.05) is 30.3 Å². The van der Waals surface area contributed by atoms with Gasteiger partial charge in [0.15, 0.2) is 0 Å². The molecule has 2 unspecified atom stereocenters. The molecule has 0 fully saturated rings. The fourth-order valence-electron chi connectivity index (χ4n) is 2.04. The monoisotopic (exact) mass is 335 g/mol. The molecule has 0 radical (unpaired) electrons. The highest BCUT2D eigenvalue weighted by Crippen LogP contribution is 2.27. The summed E-state index contributed by atoms with van der Waals surface area (Å²) >= 11 is 0. The molecular weight excluding hydrogens is 317 g/mol. The number of nitrogens with one attached hydrogen (secondary N) is 1. The van der Waals surface area contributed by atoms with E-state index >= 15 is 0 Å². The second-order valence-electron chi connectivity index (χ2n) is 5.16. The summed E-state index contributed by atoms with van der Waals surface area (Å²) in [6, 6.07) is 12.0. The molecule has 6 nitrogen and oxygen atoms in total. The number of hydrogen-bond donors (Lipinski definition) is 4. The zero-order valence-electron chi connectivity index (χ0n) is 12.7. The molecule has 128 valence electrons. The number of carbonyl (C=O) groups is 1. The molecule has 2 atom stereocenters. The molecule has 0 bridgehead atoms. The normalized spacial score (nSPS) is 13.1. The Morgan fingerprint density at radius 2 is 1.88 bits per heavy atom. The molecule has 4 N–H and O–H groups in total. The predicted molar refractivity (Wildman–Crippen MR) is 83.7 cm³/mol. The predicted octanol–water partition coefficient (Wildman–Crippen LogP) is 1.85. The van der Waals surface area contributed by atoms with E-state index in [0.717, 1.165) is 23.8 Å². The first-order chi connectivity index (χ1) is 11.5. The van der Waals surface area contributed by atoms with Crippen molar-refractivity contribution in [3.63, 3.8) is 0 Å². The summed E-state index contributed by atoms with van der Waals surface area (Å²) in [5.74, 6) is -1.01. The smallest absolute Gasteiger partial charge is 0.407 e. The lowest BCUT2D eigenvalue weighted by atomic mass is 10.0. The van der Waals surface area contributed by atoms with Crippen LogP contribution in [0.15, 0.2) is 48.5 Å². The minimum atomic E-state index is -1.56. The van der Waals surface area contributed by atoms with Crippen LogP contribution in [0.5, 0.6) is 5.75 Å².